The van der Waals surface area contributed by atoms with Crippen LogP contribution >= 0.6 is 0 Å². The average molecular weight is 718 g/mol. The van der Waals surface area contributed by atoms with Crippen LogP contribution in [0, 0.1) is 0 Å². The van der Waals surface area contributed by atoms with Crippen LogP contribution in [-0.2, 0) is 9.53 Å². The first kappa shape index (κ1) is 34.7. The number of carbonyl (C=O) groups excluding carboxylic acids is 3. The minimum atomic E-state index is -0.613. The monoisotopic (exact) mass is 717 g/mol. The zero-order valence-electron chi connectivity index (χ0n) is 29.4. The Bertz CT molecular complexity index is 2630. The lowest BCUT2D eigenvalue weighted by Gasteiger charge is -2.25. The third kappa shape index (κ3) is 6.37. The summed E-state index contributed by atoms with van der Waals surface area (Å²) in [6, 6.07) is 20.2. The van der Waals surface area contributed by atoms with Crippen LogP contribution in [0.25, 0.3) is 54.8 Å². The van der Waals surface area contributed by atoms with Gasteiger partial charge in [0.05, 0.1) is 37.1 Å². The third-order valence-electron chi connectivity index (χ3n) is 8.96. The molecule has 0 spiro atoms. The summed E-state index contributed by atoms with van der Waals surface area (Å²) in [5.41, 5.74) is 8.24. The lowest BCUT2D eigenvalue weighted by atomic mass is 9.97. The Labute approximate surface area is 301 Å². The fourth-order valence-corrected chi connectivity index (χ4v) is 6.56. The number of rotatable bonds is 11. The van der Waals surface area contributed by atoms with E-state index in [1.54, 1.807) is 0 Å². The Kier molecular flexibility index (Phi) is 9.22. The minimum Gasteiger partial charge on any atom is -0.480 e. The second-order valence-corrected chi connectivity index (χ2v) is 12.3. The largest absolute Gasteiger partial charge is 0.480 e. The molecule has 2 N–H and O–H groups in total. The van der Waals surface area contributed by atoms with Gasteiger partial charge in [0, 0.05) is 54.9 Å². The third-order valence-corrected chi connectivity index (χ3v) is 8.96. The number of aromatic nitrogens is 5. The number of benzene rings is 3. The molecule has 15 heteroatoms. The quantitative estimate of drug-likeness (QED) is 0.101. The normalized spacial score (nSPS) is 11.4. The van der Waals surface area contributed by atoms with Crippen LogP contribution in [0.1, 0.15) is 36.3 Å². The summed E-state index contributed by atoms with van der Waals surface area (Å²) in [6.07, 6.45) is 0.595. The van der Waals surface area contributed by atoms with Crippen molar-refractivity contribution in [1.82, 2.24) is 24.5 Å². The molecule has 0 fully saturated rings. The lowest BCUT2D eigenvalue weighted by Crippen LogP contribution is -2.30. The van der Waals surface area contributed by atoms with Crippen LogP contribution in [0.3, 0.4) is 0 Å². The molecule has 0 aliphatic rings. The molecule has 0 aliphatic heterocycles. The van der Waals surface area contributed by atoms with E-state index in [1.807, 2.05) is 65.6 Å². The number of carbonyl (C=O) groups is 3. The van der Waals surface area contributed by atoms with Gasteiger partial charge in [0.25, 0.3) is 0 Å². The first-order valence-corrected chi connectivity index (χ1v) is 16.8. The Morgan fingerprint density at radius 3 is 2.36 bits per heavy atom. The van der Waals surface area contributed by atoms with Crippen LogP contribution in [-0.4, -0.2) is 76.2 Å². The predicted molar refractivity (Wildman–Crippen MR) is 199 cm³/mol. The molecule has 0 bridgehead atoms. The number of hydrogen-bond acceptors (Lipinski definition) is 13. The van der Waals surface area contributed by atoms with Gasteiger partial charge in [0.2, 0.25) is 23.6 Å². The van der Waals surface area contributed by atoms with Crippen molar-refractivity contribution in [3.63, 3.8) is 0 Å². The highest BCUT2D eigenvalue weighted by Gasteiger charge is 2.26. The van der Waals surface area contributed by atoms with Gasteiger partial charge in [-0.1, -0.05) is 36.4 Å². The molecule has 53 heavy (non-hydrogen) atoms. The zero-order valence-corrected chi connectivity index (χ0v) is 29.4. The smallest absolute Gasteiger partial charge is 0.346 e. The molecule has 4 aromatic heterocycles. The Hall–Kier alpha value is -6.77. The first-order chi connectivity index (χ1) is 25.6. The van der Waals surface area contributed by atoms with Crippen molar-refractivity contribution in [2.75, 3.05) is 44.5 Å². The van der Waals surface area contributed by atoms with E-state index in [0.29, 0.717) is 57.9 Å². The maximum Gasteiger partial charge on any atom is 0.346 e. The summed E-state index contributed by atoms with van der Waals surface area (Å²) < 4.78 is 24.3. The van der Waals surface area contributed by atoms with Crippen LogP contribution in [0.15, 0.2) is 75.9 Å². The van der Waals surface area contributed by atoms with Gasteiger partial charge in [-0.2, -0.15) is 9.36 Å². The van der Waals surface area contributed by atoms with Crippen molar-refractivity contribution in [2.45, 2.75) is 26.7 Å². The van der Waals surface area contributed by atoms with Crippen molar-refractivity contribution in [3.8, 4) is 22.9 Å². The summed E-state index contributed by atoms with van der Waals surface area (Å²) in [5, 5.41) is 11.1. The molecule has 15 nitrogen and oxygen atoms in total. The standard InChI is InChI=1S/C38H35N7O8/c1-21(46)44-36-33(37(42-44)51-4)31(23-9-6-5-7-10-23)32-34(40-36)27-14-12-24-19-25(13-15-26(24)35(27)53-38(32)49)43(17-18-52-22(2)47)16-8-11-30(48)45-28(39)20-29(41-45)50-3/h5-7,9-10,12-15,19-20H,8,11,16-18,39H2,1-4H3. The van der Waals surface area contributed by atoms with E-state index in [-0.39, 0.29) is 53.5 Å². The van der Waals surface area contributed by atoms with E-state index in [0.717, 1.165) is 15.8 Å². The second kappa shape index (κ2) is 14.1. The number of pyridine rings is 1. The average Bonchev–Trinajstić information content (AvgIpc) is 3.73. The molecular weight excluding hydrogens is 682 g/mol. The van der Waals surface area contributed by atoms with E-state index in [2.05, 4.69) is 10.2 Å². The number of nitrogen functional groups attached to an aromatic ring is 1. The van der Waals surface area contributed by atoms with Crippen LogP contribution in [0.5, 0.6) is 11.8 Å². The molecule has 0 atom stereocenters. The number of esters is 1. The molecule has 0 saturated heterocycles. The van der Waals surface area contributed by atoms with Crippen LogP contribution in [0.2, 0.25) is 0 Å². The van der Waals surface area contributed by atoms with Crippen LogP contribution in [0.4, 0.5) is 11.5 Å². The number of nitrogens with two attached hydrogens (primary N) is 1. The number of fused-ring (bicyclic) bond motifs is 6. The molecule has 7 aromatic rings. The molecule has 0 unspecified atom stereocenters. The van der Waals surface area contributed by atoms with Crippen molar-refractivity contribution in [3.05, 3.63) is 77.2 Å². The molecular formula is C38H35N7O8. The Balaban J connectivity index is 1.31. The van der Waals surface area contributed by atoms with Gasteiger partial charge in [-0.05, 0) is 41.6 Å². The summed E-state index contributed by atoms with van der Waals surface area (Å²) in [7, 11) is 2.89. The molecule has 0 radical (unpaired) electrons. The fraction of sp³-hybridized carbons (Fsp3) is 0.237. The van der Waals surface area contributed by atoms with Gasteiger partial charge >= 0.3 is 11.6 Å². The molecule has 0 saturated carbocycles. The molecule has 0 aliphatic carbocycles. The van der Waals surface area contributed by atoms with Crippen LogP contribution < -0.4 is 25.7 Å². The van der Waals surface area contributed by atoms with E-state index in [4.69, 9.17) is 29.3 Å². The number of nitrogens with zero attached hydrogens (tertiary/aromatic N) is 6. The summed E-state index contributed by atoms with van der Waals surface area (Å²) in [4.78, 5) is 58.1. The van der Waals surface area contributed by atoms with Gasteiger partial charge in [-0.3, -0.25) is 14.4 Å². The van der Waals surface area contributed by atoms with Gasteiger partial charge in [0.1, 0.15) is 18.0 Å². The van der Waals surface area contributed by atoms with Gasteiger partial charge in [-0.15, -0.1) is 10.2 Å². The van der Waals surface area contributed by atoms with Gasteiger partial charge < -0.3 is 29.3 Å². The van der Waals surface area contributed by atoms with E-state index < -0.39 is 11.6 Å². The Morgan fingerprint density at radius 2 is 1.66 bits per heavy atom. The van der Waals surface area contributed by atoms with Crippen molar-refractivity contribution in [1.29, 1.82) is 0 Å². The highest BCUT2D eigenvalue weighted by molar-refractivity contribution is 6.20. The van der Waals surface area contributed by atoms with E-state index >= 15 is 0 Å². The van der Waals surface area contributed by atoms with Crippen molar-refractivity contribution < 1.29 is 33.0 Å². The van der Waals surface area contributed by atoms with E-state index in [9.17, 15) is 19.2 Å². The fourth-order valence-electron chi connectivity index (χ4n) is 6.56. The molecule has 7 rings (SSSR count). The maximum atomic E-state index is 14.0. The maximum absolute atomic E-state index is 14.0. The number of hydrogen-bond donors (Lipinski definition) is 1. The molecule has 3 aromatic carbocycles. The molecule has 0 amide bonds. The van der Waals surface area contributed by atoms with Gasteiger partial charge in [-0.25, -0.2) is 9.78 Å². The lowest BCUT2D eigenvalue weighted by molar-refractivity contribution is -0.140. The molecule has 4 heterocycles. The Morgan fingerprint density at radius 1 is 0.887 bits per heavy atom. The first-order valence-electron chi connectivity index (χ1n) is 16.8. The minimum absolute atomic E-state index is 0.134. The number of ether oxygens (including phenoxy) is 3. The van der Waals surface area contributed by atoms with Crippen molar-refractivity contribution >= 4 is 73.0 Å². The zero-order chi connectivity index (χ0) is 37.4. The topological polar surface area (TPSA) is 187 Å². The highest BCUT2D eigenvalue weighted by atomic mass is 16.5. The van der Waals surface area contributed by atoms with Gasteiger partial charge in [0.15, 0.2) is 5.65 Å². The summed E-state index contributed by atoms with van der Waals surface area (Å²) in [6.45, 7) is 3.66. The number of methoxy groups -OCH3 is 2. The van der Waals surface area contributed by atoms with E-state index in [1.165, 1.54) is 38.8 Å². The molecule has 270 valence electrons. The SMILES string of the molecule is COc1cc(N)n(C(=O)CCCN(CCOC(C)=O)c2ccc3c(ccc4c5nc6c(c(OC)nn6C(C)=O)c(-c6ccccc6)c5c(=O)oc34)c2)n1. The highest BCUT2D eigenvalue weighted by Crippen LogP contribution is 2.41. The van der Waals surface area contributed by atoms with Crippen molar-refractivity contribution in [2.24, 2.45) is 0 Å². The summed E-state index contributed by atoms with van der Waals surface area (Å²) in [5.74, 6) is -0.481. The number of anilines is 2. The predicted octanol–water partition coefficient (Wildman–Crippen LogP) is 5.46. The second-order valence-electron chi connectivity index (χ2n) is 12.3. The summed E-state index contributed by atoms with van der Waals surface area (Å²) >= 11 is 0.